The fourth-order valence-electron chi connectivity index (χ4n) is 4.97. The molecule has 2 aliphatic heterocycles. The summed E-state index contributed by atoms with van der Waals surface area (Å²) in [6, 6.07) is 14.5. The summed E-state index contributed by atoms with van der Waals surface area (Å²) >= 11 is 0. The number of ether oxygens (including phenoxy) is 5. The first-order valence-corrected chi connectivity index (χ1v) is 15.0. The van der Waals surface area contributed by atoms with Crippen LogP contribution >= 0.6 is 24.0 Å². The number of esters is 2. The van der Waals surface area contributed by atoms with Crippen LogP contribution in [0.3, 0.4) is 0 Å². The lowest BCUT2D eigenvalue weighted by Gasteiger charge is -2.36. The standard InChI is InChI=1S/C30H35NO7.2C2H4O2.HI/c1-4-21-5-7-22(8-6-21)11-23-12-28(29(13-24(23)16-31)37-25-9-10-34-17-25)30-15-26(36-20(3)33)14-27(38-30)18-35-19(2)32;2*1-2(3)4;/h5-8,12-13,25-27,30H,4,9-11,14-15,17-18H2,1-3H3;2*1H3,(H,3,4);1H/t25-,26-,27-,30+;;;/m0.../s1. The Bertz CT molecular complexity index is 1350. The number of carboxylic acid groups (broad SMARTS) is 2. The highest BCUT2D eigenvalue weighted by atomic mass is 127. The van der Waals surface area contributed by atoms with Crippen LogP contribution in [-0.2, 0) is 51.0 Å². The lowest BCUT2D eigenvalue weighted by molar-refractivity contribution is -0.169. The van der Waals surface area contributed by atoms with Crippen molar-refractivity contribution in [1.82, 2.24) is 0 Å². The summed E-state index contributed by atoms with van der Waals surface area (Å²) in [5.41, 5.74) is 4.52. The van der Waals surface area contributed by atoms with Crippen LogP contribution in [0, 0.1) is 11.3 Å². The van der Waals surface area contributed by atoms with Crippen molar-refractivity contribution in [2.45, 2.75) is 91.1 Å². The van der Waals surface area contributed by atoms with Gasteiger partial charge in [-0.3, -0.25) is 19.2 Å². The van der Waals surface area contributed by atoms with E-state index in [9.17, 15) is 14.9 Å². The molecule has 258 valence electrons. The Morgan fingerprint density at radius 3 is 2.06 bits per heavy atom. The highest BCUT2D eigenvalue weighted by Crippen LogP contribution is 2.40. The summed E-state index contributed by atoms with van der Waals surface area (Å²) in [6.07, 6.45) is 1.65. The minimum Gasteiger partial charge on any atom is -0.487 e. The molecule has 2 aliphatic rings. The molecule has 0 aromatic heterocycles. The van der Waals surface area contributed by atoms with E-state index in [0.717, 1.165) is 43.4 Å². The fraction of sp³-hybridized carbons (Fsp3) is 0.500. The Morgan fingerprint density at radius 1 is 0.936 bits per heavy atom. The monoisotopic (exact) mass is 769 g/mol. The lowest BCUT2D eigenvalue weighted by atomic mass is 9.91. The number of carbonyl (C=O) groups excluding carboxylic acids is 2. The van der Waals surface area contributed by atoms with Gasteiger partial charge in [-0.25, -0.2) is 0 Å². The third-order valence-electron chi connectivity index (χ3n) is 6.87. The minimum absolute atomic E-state index is 0. The van der Waals surface area contributed by atoms with E-state index in [1.807, 2.05) is 6.07 Å². The van der Waals surface area contributed by atoms with E-state index >= 15 is 0 Å². The summed E-state index contributed by atoms with van der Waals surface area (Å²) in [7, 11) is 0. The zero-order valence-electron chi connectivity index (χ0n) is 27.4. The number of hydrogen-bond donors (Lipinski definition) is 2. The molecule has 47 heavy (non-hydrogen) atoms. The van der Waals surface area contributed by atoms with Crippen LogP contribution in [0.4, 0.5) is 0 Å². The summed E-state index contributed by atoms with van der Waals surface area (Å²) in [6.45, 7) is 8.16. The first-order valence-electron chi connectivity index (χ1n) is 15.0. The summed E-state index contributed by atoms with van der Waals surface area (Å²) < 4.78 is 29.0. The fourth-order valence-corrected chi connectivity index (χ4v) is 4.97. The van der Waals surface area contributed by atoms with Crippen LogP contribution < -0.4 is 4.74 Å². The van der Waals surface area contributed by atoms with Crippen molar-refractivity contribution in [2.75, 3.05) is 19.8 Å². The maximum Gasteiger partial charge on any atom is 0.302 e. The summed E-state index contributed by atoms with van der Waals surface area (Å²) in [5.74, 6) is -1.89. The Hall–Kier alpha value is -3.74. The van der Waals surface area contributed by atoms with Gasteiger partial charge >= 0.3 is 11.9 Å². The summed E-state index contributed by atoms with van der Waals surface area (Å²) in [5, 5.41) is 24.8. The van der Waals surface area contributed by atoms with Crippen molar-refractivity contribution in [2.24, 2.45) is 0 Å². The molecule has 2 heterocycles. The number of carbonyl (C=O) groups is 4. The first kappa shape index (κ1) is 41.3. The maximum absolute atomic E-state index is 11.8. The molecule has 2 aromatic rings. The summed E-state index contributed by atoms with van der Waals surface area (Å²) in [4.78, 5) is 41.2. The largest absolute Gasteiger partial charge is 0.487 e. The molecule has 2 fully saturated rings. The van der Waals surface area contributed by atoms with Crippen LogP contribution in [0.5, 0.6) is 5.75 Å². The minimum atomic E-state index is -0.833. The predicted molar refractivity (Wildman–Crippen MR) is 181 cm³/mol. The quantitative estimate of drug-likeness (QED) is 0.246. The van der Waals surface area contributed by atoms with Gasteiger partial charge < -0.3 is 33.9 Å². The van der Waals surface area contributed by atoms with E-state index < -0.39 is 36.2 Å². The van der Waals surface area contributed by atoms with Crippen LogP contribution in [0.2, 0.25) is 0 Å². The van der Waals surface area contributed by atoms with Gasteiger partial charge in [0, 0.05) is 52.5 Å². The van der Waals surface area contributed by atoms with Crippen molar-refractivity contribution in [3.8, 4) is 11.8 Å². The van der Waals surface area contributed by atoms with Gasteiger partial charge in [0.15, 0.2) is 0 Å². The third kappa shape index (κ3) is 15.6. The van der Waals surface area contributed by atoms with E-state index in [1.165, 1.54) is 19.4 Å². The highest BCUT2D eigenvalue weighted by molar-refractivity contribution is 14.0. The molecule has 4 rings (SSSR count). The van der Waals surface area contributed by atoms with E-state index in [2.05, 4.69) is 37.3 Å². The van der Waals surface area contributed by atoms with E-state index in [-0.39, 0.29) is 42.7 Å². The highest BCUT2D eigenvalue weighted by Gasteiger charge is 2.35. The number of aliphatic carboxylic acids is 2. The van der Waals surface area contributed by atoms with Gasteiger partial charge in [0.1, 0.15) is 24.6 Å². The van der Waals surface area contributed by atoms with Gasteiger partial charge in [-0.05, 0) is 41.7 Å². The number of hydrogen-bond acceptors (Lipinski definition) is 10. The number of benzene rings is 2. The molecular weight excluding hydrogens is 725 g/mol. The number of nitrogens with zero attached hydrogens (tertiary/aromatic N) is 1. The molecule has 2 saturated heterocycles. The molecule has 0 bridgehead atoms. The van der Waals surface area contributed by atoms with Crippen LogP contribution in [0.1, 0.15) is 87.8 Å². The van der Waals surface area contributed by atoms with Gasteiger partial charge in [0.25, 0.3) is 11.9 Å². The maximum atomic E-state index is 11.8. The van der Waals surface area contributed by atoms with Crippen molar-refractivity contribution < 1.29 is 53.1 Å². The second-order valence-electron chi connectivity index (χ2n) is 10.9. The molecule has 0 saturated carbocycles. The molecule has 12 nitrogen and oxygen atoms in total. The molecule has 0 unspecified atom stereocenters. The second-order valence-corrected chi connectivity index (χ2v) is 10.9. The van der Waals surface area contributed by atoms with Gasteiger partial charge in [-0.1, -0.05) is 31.2 Å². The molecule has 0 spiro atoms. The molecular formula is C34H44INO11. The normalized spacial score (nSPS) is 19.6. The van der Waals surface area contributed by atoms with Crippen LogP contribution in [0.15, 0.2) is 36.4 Å². The van der Waals surface area contributed by atoms with E-state index in [0.29, 0.717) is 43.8 Å². The molecule has 0 amide bonds. The Balaban J connectivity index is 0.00000110. The number of rotatable bonds is 9. The Kier molecular flexibility index (Phi) is 18.6. The smallest absolute Gasteiger partial charge is 0.302 e. The van der Waals surface area contributed by atoms with E-state index in [4.69, 9.17) is 43.5 Å². The predicted octanol–water partition coefficient (Wildman–Crippen LogP) is 5.39. The van der Waals surface area contributed by atoms with Gasteiger partial charge in [0.05, 0.1) is 37.1 Å². The van der Waals surface area contributed by atoms with Crippen molar-refractivity contribution in [1.29, 1.82) is 5.26 Å². The molecule has 0 radical (unpaired) electrons. The average molecular weight is 770 g/mol. The van der Waals surface area contributed by atoms with Crippen molar-refractivity contribution >= 4 is 47.9 Å². The average Bonchev–Trinajstić information content (AvgIpc) is 3.49. The zero-order valence-corrected chi connectivity index (χ0v) is 29.7. The number of halogens is 1. The second kappa shape index (κ2) is 21.2. The Morgan fingerprint density at radius 2 is 1.55 bits per heavy atom. The lowest BCUT2D eigenvalue weighted by Crippen LogP contribution is -2.37. The van der Waals surface area contributed by atoms with Crippen molar-refractivity contribution in [3.63, 3.8) is 0 Å². The Labute approximate surface area is 292 Å². The van der Waals surface area contributed by atoms with Crippen LogP contribution in [-0.4, -0.2) is 72.2 Å². The third-order valence-corrected chi connectivity index (χ3v) is 6.87. The molecule has 2 aromatic carbocycles. The first-order chi connectivity index (χ1) is 21.8. The van der Waals surface area contributed by atoms with Crippen molar-refractivity contribution in [3.05, 3.63) is 64.2 Å². The van der Waals surface area contributed by atoms with Crippen LogP contribution in [0.25, 0.3) is 0 Å². The van der Waals surface area contributed by atoms with Gasteiger partial charge in [0.2, 0.25) is 0 Å². The molecule has 0 aliphatic carbocycles. The number of aryl methyl sites for hydroxylation is 1. The van der Waals surface area contributed by atoms with E-state index in [1.54, 1.807) is 6.07 Å². The SMILES string of the molecule is CC(=O)O.CC(=O)O.CCc1ccc(Cc2cc([C@H]3C[C@@H](OC(C)=O)C[C@@H](COC(C)=O)O3)c(O[C@H]3CCOC3)cc2C#N)cc1.I. The zero-order chi connectivity index (χ0) is 34.2. The molecule has 4 atom stereocenters. The van der Waals surface area contributed by atoms with Gasteiger partial charge in [-0.2, -0.15) is 5.26 Å². The number of nitriles is 1. The molecule has 13 heteroatoms. The number of carboxylic acids is 2. The van der Waals surface area contributed by atoms with Gasteiger partial charge in [-0.15, -0.1) is 24.0 Å². The molecule has 2 N–H and O–H groups in total. The topological polar surface area (TPSA) is 179 Å².